The first-order valence-electron chi connectivity index (χ1n) is 14.5. The summed E-state index contributed by atoms with van der Waals surface area (Å²) in [6.45, 7) is 14.0. The van der Waals surface area contributed by atoms with E-state index in [1.165, 1.54) is 18.1 Å². The van der Waals surface area contributed by atoms with Gasteiger partial charge >= 0.3 is 0 Å². The van der Waals surface area contributed by atoms with E-state index in [0.717, 1.165) is 63.4 Å². The van der Waals surface area contributed by atoms with Crippen molar-refractivity contribution in [3.8, 4) is 0 Å². The standard InChI is InChI=1S/C30H44N6O3S/c1-22-18-34(30(4)11-13-33(14-12-30)29(37)28-23(2)31-21-32-24(28)3)15-16-36(22)27(17-25-9-7-6-8-10-25)26-19-35(20-26)40(5,38)39/h6-10,21-22,26-27H,11-20H2,1-5H3/t22-,27?/m0/s1. The zero-order valence-corrected chi connectivity index (χ0v) is 25.4. The molecular formula is C30H44N6O3S. The summed E-state index contributed by atoms with van der Waals surface area (Å²) in [6, 6.07) is 11.3. The number of nitrogens with zero attached hydrogens (tertiary/aromatic N) is 6. The molecule has 0 N–H and O–H groups in total. The topological polar surface area (TPSA) is 90.0 Å². The fourth-order valence-electron chi connectivity index (χ4n) is 6.92. The molecule has 3 aliphatic rings. The van der Waals surface area contributed by atoms with Crippen LogP contribution in [0.3, 0.4) is 0 Å². The highest BCUT2D eigenvalue weighted by Crippen LogP contribution is 2.34. The van der Waals surface area contributed by atoms with Crippen LogP contribution in [-0.2, 0) is 16.4 Å². The van der Waals surface area contributed by atoms with Crippen LogP contribution in [0.1, 0.15) is 54.0 Å². The molecule has 3 fully saturated rings. The van der Waals surface area contributed by atoms with Crippen molar-refractivity contribution in [2.75, 3.05) is 52.1 Å². The van der Waals surface area contributed by atoms with E-state index in [1.807, 2.05) is 24.8 Å². The largest absolute Gasteiger partial charge is 0.338 e. The zero-order valence-electron chi connectivity index (χ0n) is 24.6. The quantitative estimate of drug-likeness (QED) is 0.507. The van der Waals surface area contributed by atoms with Crippen LogP contribution in [0, 0.1) is 19.8 Å². The Bertz CT molecular complexity index is 1290. The molecule has 1 amide bonds. The average Bonchev–Trinajstić information content (AvgIpc) is 2.87. The normalized spacial score (nSPS) is 24.0. The van der Waals surface area contributed by atoms with Gasteiger partial charge in [-0.25, -0.2) is 22.7 Å². The Morgan fingerprint density at radius 1 is 1.00 bits per heavy atom. The second kappa shape index (κ2) is 11.5. The number of benzene rings is 1. The molecule has 1 aromatic carbocycles. The number of aromatic nitrogens is 2. The van der Waals surface area contributed by atoms with E-state index in [2.05, 4.69) is 57.9 Å². The van der Waals surface area contributed by atoms with Crippen LogP contribution >= 0.6 is 0 Å². The van der Waals surface area contributed by atoms with Crippen molar-refractivity contribution < 1.29 is 13.2 Å². The minimum atomic E-state index is -3.14. The molecule has 1 unspecified atom stereocenters. The molecule has 0 spiro atoms. The number of carbonyl (C=O) groups excluding carboxylic acids is 1. The lowest BCUT2D eigenvalue weighted by Crippen LogP contribution is -2.66. The number of hydrogen-bond acceptors (Lipinski definition) is 7. The van der Waals surface area contributed by atoms with Gasteiger partial charge in [-0.05, 0) is 52.5 Å². The third-order valence-corrected chi connectivity index (χ3v) is 10.8. The van der Waals surface area contributed by atoms with Gasteiger partial charge < -0.3 is 4.90 Å². The summed E-state index contributed by atoms with van der Waals surface area (Å²) in [6.07, 6.45) is 5.65. The lowest BCUT2D eigenvalue weighted by molar-refractivity contribution is -0.0479. The van der Waals surface area contributed by atoms with Crippen LogP contribution in [0.15, 0.2) is 36.7 Å². The number of aryl methyl sites for hydroxylation is 2. The van der Waals surface area contributed by atoms with Crippen LogP contribution in [0.4, 0.5) is 0 Å². The van der Waals surface area contributed by atoms with Crippen LogP contribution in [0.5, 0.6) is 0 Å². The van der Waals surface area contributed by atoms with Crippen molar-refractivity contribution in [3.05, 3.63) is 59.2 Å². The third-order valence-electron chi connectivity index (χ3n) is 9.61. The zero-order chi connectivity index (χ0) is 28.7. The van der Waals surface area contributed by atoms with Gasteiger partial charge in [0.15, 0.2) is 0 Å². The molecule has 5 rings (SSSR count). The maximum Gasteiger partial charge on any atom is 0.257 e. The van der Waals surface area contributed by atoms with Crippen molar-refractivity contribution >= 4 is 15.9 Å². The molecule has 0 radical (unpaired) electrons. The van der Waals surface area contributed by atoms with E-state index in [1.54, 1.807) is 4.31 Å². The number of carbonyl (C=O) groups is 1. The summed E-state index contributed by atoms with van der Waals surface area (Å²) in [5.41, 5.74) is 3.48. The van der Waals surface area contributed by atoms with Gasteiger partial charge in [0.05, 0.1) is 23.2 Å². The first kappa shape index (κ1) is 29.1. The summed E-state index contributed by atoms with van der Waals surface area (Å²) in [5, 5.41) is 0. The van der Waals surface area contributed by atoms with E-state index < -0.39 is 10.0 Å². The van der Waals surface area contributed by atoms with Gasteiger partial charge in [0, 0.05) is 69.4 Å². The Balaban J connectivity index is 1.23. The lowest BCUT2D eigenvalue weighted by atomic mass is 9.84. The number of piperidine rings is 1. The molecule has 2 atom stereocenters. The molecule has 10 heteroatoms. The Hall–Kier alpha value is -2.40. The number of amides is 1. The molecule has 0 saturated carbocycles. The number of likely N-dealkylation sites (tertiary alicyclic amines) is 1. The first-order valence-corrected chi connectivity index (χ1v) is 16.4. The summed E-state index contributed by atoms with van der Waals surface area (Å²) in [5.74, 6) is 0.380. The van der Waals surface area contributed by atoms with Crippen LogP contribution in [-0.4, -0.2) is 113 Å². The maximum absolute atomic E-state index is 13.3. The monoisotopic (exact) mass is 568 g/mol. The van der Waals surface area contributed by atoms with E-state index in [-0.39, 0.29) is 11.4 Å². The molecule has 218 valence electrons. The molecular weight excluding hydrogens is 524 g/mol. The second-order valence-electron chi connectivity index (χ2n) is 12.3. The highest BCUT2D eigenvalue weighted by molar-refractivity contribution is 7.88. The fraction of sp³-hybridized carbons (Fsp3) is 0.633. The Labute approximate surface area is 239 Å². The molecule has 3 saturated heterocycles. The molecule has 1 aromatic heterocycles. The number of rotatable bonds is 7. The summed E-state index contributed by atoms with van der Waals surface area (Å²) >= 11 is 0. The number of sulfonamides is 1. The average molecular weight is 569 g/mol. The lowest BCUT2D eigenvalue weighted by Gasteiger charge is -2.55. The fourth-order valence-corrected chi connectivity index (χ4v) is 7.84. The predicted octanol–water partition coefficient (Wildman–Crippen LogP) is 2.60. The van der Waals surface area contributed by atoms with E-state index in [9.17, 15) is 13.2 Å². The van der Waals surface area contributed by atoms with E-state index in [0.29, 0.717) is 36.7 Å². The van der Waals surface area contributed by atoms with Gasteiger partial charge in [-0.1, -0.05) is 30.3 Å². The van der Waals surface area contributed by atoms with Gasteiger partial charge in [0.2, 0.25) is 10.0 Å². The molecule has 0 aliphatic carbocycles. The van der Waals surface area contributed by atoms with Crippen molar-refractivity contribution in [2.45, 2.75) is 64.6 Å². The van der Waals surface area contributed by atoms with Gasteiger partial charge in [-0.3, -0.25) is 14.6 Å². The Kier molecular flexibility index (Phi) is 8.34. The van der Waals surface area contributed by atoms with Crippen molar-refractivity contribution in [3.63, 3.8) is 0 Å². The second-order valence-corrected chi connectivity index (χ2v) is 14.3. The van der Waals surface area contributed by atoms with Crippen molar-refractivity contribution in [1.29, 1.82) is 0 Å². The van der Waals surface area contributed by atoms with Gasteiger partial charge in [-0.2, -0.15) is 0 Å². The highest BCUT2D eigenvalue weighted by atomic mass is 32.2. The molecule has 2 aromatic rings. The van der Waals surface area contributed by atoms with Crippen LogP contribution < -0.4 is 0 Å². The smallest absolute Gasteiger partial charge is 0.257 e. The molecule has 9 nitrogen and oxygen atoms in total. The third kappa shape index (κ3) is 5.95. The molecule has 4 heterocycles. The molecule has 0 bridgehead atoms. The van der Waals surface area contributed by atoms with Gasteiger partial charge in [0.25, 0.3) is 5.91 Å². The minimum Gasteiger partial charge on any atom is -0.338 e. The van der Waals surface area contributed by atoms with Crippen molar-refractivity contribution in [2.24, 2.45) is 5.92 Å². The summed E-state index contributed by atoms with van der Waals surface area (Å²) in [7, 11) is -3.14. The molecule has 40 heavy (non-hydrogen) atoms. The van der Waals surface area contributed by atoms with Crippen LogP contribution in [0.25, 0.3) is 0 Å². The highest BCUT2D eigenvalue weighted by Gasteiger charge is 2.45. The number of hydrogen-bond donors (Lipinski definition) is 0. The minimum absolute atomic E-state index is 0.0447. The van der Waals surface area contributed by atoms with Gasteiger partial charge in [-0.15, -0.1) is 0 Å². The molecule has 3 aliphatic heterocycles. The maximum atomic E-state index is 13.3. The van der Waals surface area contributed by atoms with E-state index >= 15 is 0 Å². The predicted molar refractivity (Wildman–Crippen MR) is 157 cm³/mol. The van der Waals surface area contributed by atoms with Crippen molar-refractivity contribution in [1.82, 2.24) is 29.0 Å². The Morgan fingerprint density at radius 3 is 2.20 bits per heavy atom. The van der Waals surface area contributed by atoms with E-state index in [4.69, 9.17) is 0 Å². The number of piperazine rings is 1. The summed E-state index contributed by atoms with van der Waals surface area (Å²) in [4.78, 5) is 29.1. The first-order chi connectivity index (χ1) is 19.0. The van der Waals surface area contributed by atoms with Crippen LogP contribution in [0.2, 0.25) is 0 Å². The van der Waals surface area contributed by atoms with Gasteiger partial charge in [0.1, 0.15) is 6.33 Å². The Morgan fingerprint density at radius 2 is 1.62 bits per heavy atom. The summed E-state index contributed by atoms with van der Waals surface area (Å²) < 4.78 is 25.8. The SMILES string of the molecule is Cc1ncnc(C)c1C(=O)N1CCC(C)(N2CCN(C(Cc3ccccc3)C3CN(S(C)(=O)=O)C3)[C@@H](C)C2)CC1.